The number of carbonyl (C=O) groups excluding carboxylic acids is 4. The predicted octanol–water partition coefficient (Wildman–Crippen LogP) is 4.92. The lowest BCUT2D eigenvalue weighted by atomic mass is 10.0. The zero-order valence-corrected chi connectivity index (χ0v) is 27.9. The Kier molecular flexibility index (Phi) is 8.92. The van der Waals surface area contributed by atoms with Crippen LogP contribution in [0.4, 0.5) is 5.82 Å². The van der Waals surface area contributed by atoms with Gasteiger partial charge in [-0.15, -0.1) is 0 Å². The lowest BCUT2D eigenvalue weighted by Crippen LogP contribution is -2.55. The molecule has 0 radical (unpaired) electrons. The van der Waals surface area contributed by atoms with E-state index in [9.17, 15) is 19.2 Å². The van der Waals surface area contributed by atoms with Crippen molar-refractivity contribution in [1.82, 2.24) is 24.8 Å². The van der Waals surface area contributed by atoms with E-state index in [0.29, 0.717) is 28.1 Å². The van der Waals surface area contributed by atoms with Crippen LogP contribution >= 0.6 is 11.6 Å². The molecule has 4 aromatic rings. The topological polar surface area (TPSA) is 146 Å². The first kappa shape index (κ1) is 32.5. The van der Waals surface area contributed by atoms with E-state index in [1.165, 1.54) is 6.20 Å². The van der Waals surface area contributed by atoms with Gasteiger partial charge in [0.2, 0.25) is 11.8 Å². The smallest absolute Gasteiger partial charge is 0.257 e. The van der Waals surface area contributed by atoms with E-state index < -0.39 is 17.9 Å². The van der Waals surface area contributed by atoms with Crippen molar-refractivity contribution >= 4 is 52.0 Å². The number of piperidine rings is 1. The largest absolute Gasteiger partial charge is 0.366 e. The number of rotatable bonds is 8. The molecule has 49 heavy (non-hydrogen) atoms. The van der Waals surface area contributed by atoms with Crippen LogP contribution in [0.3, 0.4) is 0 Å². The maximum Gasteiger partial charge on any atom is 0.257 e. The number of hydrogen-bond donors (Lipinski definition) is 2. The zero-order valence-electron chi connectivity index (χ0n) is 27.2. The molecule has 0 saturated carbocycles. The highest BCUT2D eigenvalue weighted by atomic mass is 35.5. The van der Waals surface area contributed by atoms with Crippen LogP contribution < -0.4 is 10.6 Å². The molecule has 2 atom stereocenters. The minimum Gasteiger partial charge on any atom is -0.366 e. The van der Waals surface area contributed by atoms with Crippen LogP contribution in [0.5, 0.6) is 0 Å². The standard InChI is InChI=1S/C37H36ClN7O4/c1-43-17-7-12-29(43)34-33(38)26-20-41-31(18-28(26)42-34)45-32(46)16-15-30(37(45)49)44-21-27-22(9-6-11-25(27)36(44)48)8-4-2-3-5-10-24-14-13-23(19-40-24)35(39)47/h6,9,11,13-14,18-20,29-30,42H,2-3,5,7,10,12,15-17,21H2,1H3,(H2,39,47)/t29-,30?/m1/s1. The molecule has 250 valence electrons. The molecule has 3 N–H and O–H groups in total. The fourth-order valence-corrected chi connectivity index (χ4v) is 7.43. The average Bonchev–Trinajstić information content (AvgIpc) is 3.77. The molecule has 3 aliphatic heterocycles. The highest BCUT2D eigenvalue weighted by molar-refractivity contribution is 6.36. The number of nitrogens with one attached hydrogen (secondary N) is 1. The number of hydrogen-bond acceptors (Lipinski definition) is 7. The molecule has 0 aliphatic carbocycles. The number of aromatic nitrogens is 3. The average molecular weight is 678 g/mol. The number of aromatic amines is 1. The Morgan fingerprint density at radius 1 is 1.08 bits per heavy atom. The van der Waals surface area contributed by atoms with Crippen LogP contribution in [0.2, 0.25) is 5.02 Å². The number of aryl methyl sites for hydroxylation is 1. The summed E-state index contributed by atoms with van der Waals surface area (Å²) in [5.74, 6) is 5.12. The fourth-order valence-electron chi connectivity index (χ4n) is 7.11. The molecule has 2 saturated heterocycles. The second-order valence-electron chi connectivity index (χ2n) is 12.9. The number of H-pyrrole nitrogens is 1. The first-order chi connectivity index (χ1) is 23.7. The molecule has 11 nitrogen and oxygen atoms in total. The van der Waals surface area contributed by atoms with Crippen LogP contribution in [-0.4, -0.2) is 68.0 Å². The number of amides is 4. The van der Waals surface area contributed by atoms with Crippen LogP contribution in [0.25, 0.3) is 10.9 Å². The number of fused-ring (bicyclic) bond motifs is 2. The van der Waals surface area contributed by atoms with Crippen molar-refractivity contribution in [3.63, 3.8) is 0 Å². The summed E-state index contributed by atoms with van der Waals surface area (Å²) in [6.07, 6.45) is 8.69. The minimum atomic E-state index is -0.809. The molecule has 1 aromatic carbocycles. The molecular weight excluding hydrogens is 642 g/mol. The minimum absolute atomic E-state index is 0.108. The van der Waals surface area contributed by atoms with Gasteiger partial charge in [0.05, 0.1) is 27.8 Å². The number of unbranched alkanes of at least 4 members (excludes halogenated alkanes) is 2. The first-order valence-electron chi connectivity index (χ1n) is 16.6. The lowest BCUT2D eigenvalue weighted by molar-refractivity contribution is -0.132. The van der Waals surface area contributed by atoms with Crippen molar-refractivity contribution < 1.29 is 19.2 Å². The molecule has 1 unspecified atom stereocenters. The summed E-state index contributed by atoms with van der Waals surface area (Å²) < 4.78 is 0. The number of halogens is 1. The lowest BCUT2D eigenvalue weighted by Gasteiger charge is -2.34. The van der Waals surface area contributed by atoms with Gasteiger partial charge in [-0.1, -0.05) is 29.5 Å². The van der Waals surface area contributed by atoms with E-state index in [0.717, 1.165) is 71.4 Å². The van der Waals surface area contributed by atoms with E-state index >= 15 is 0 Å². The summed E-state index contributed by atoms with van der Waals surface area (Å²) in [6, 6.07) is 10.0. The van der Waals surface area contributed by atoms with Gasteiger partial charge in [0.15, 0.2) is 0 Å². The quantitative estimate of drug-likeness (QED) is 0.153. The van der Waals surface area contributed by atoms with Crippen LogP contribution in [0.1, 0.15) is 94.2 Å². The third kappa shape index (κ3) is 6.18. The number of benzene rings is 1. The van der Waals surface area contributed by atoms with Gasteiger partial charge in [-0.05, 0) is 81.9 Å². The van der Waals surface area contributed by atoms with Gasteiger partial charge in [0, 0.05) is 60.1 Å². The van der Waals surface area contributed by atoms with Gasteiger partial charge in [-0.3, -0.25) is 29.1 Å². The fraction of sp³-hybridized carbons (Fsp3) is 0.351. The number of likely N-dealkylation sites (tertiary alicyclic amines) is 1. The zero-order chi connectivity index (χ0) is 34.2. The second-order valence-corrected chi connectivity index (χ2v) is 13.3. The monoisotopic (exact) mass is 677 g/mol. The number of nitrogens with two attached hydrogens (primary N) is 1. The van der Waals surface area contributed by atoms with Crippen molar-refractivity contribution in [2.75, 3.05) is 18.5 Å². The first-order valence-corrected chi connectivity index (χ1v) is 17.0. The second kappa shape index (κ2) is 13.5. The summed E-state index contributed by atoms with van der Waals surface area (Å²) in [5.41, 5.74) is 10.2. The molecule has 3 aromatic heterocycles. The highest BCUT2D eigenvalue weighted by Gasteiger charge is 2.44. The summed E-state index contributed by atoms with van der Waals surface area (Å²) in [6.45, 7) is 1.23. The van der Waals surface area contributed by atoms with E-state index in [-0.39, 0.29) is 43.1 Å². The summed E-state index contributed by atoms with van der Waals surface area (Å²) >= 11 is 6.76. The van der Waals surface area contributed by atoms with Gasteiger partial charge < -0.3 is 15.6 Å². The van der Waals surface area contributed by atoms with Crippen molar-refractivity contribution in [3.05, 3.63) is 87.5 Å². The van der Waals surface area contributed by atoms with Crippen molar-refractivity contribution in [1.29, 1.82) is 0 Å². The molecule has 0 spiro atoms. The van der Waals surface area contributed by atoms with Gasteiger partial charge >= 0.3 is 0 Å². The molecular formula is C37H36ClN7O4. The Hall–Kier alpha value is -5.05. The number of pyridine rings is 2. The Balaban J connectivity index is 1.03. The van der Waals surface area contributed by atoms with Crippen molar-refractivity contribution in [2.45, 2.75) is 70.0 Å². The molecule has 4 amide bonds. The Morgan fingerprint density at radius 3 is 2.69 bits per heavy atom. The maximum absolute atomic E-state index is 14.0. The maximum atomic E-state index is 14.0. The number of nitrogens with zero attached hydrogens (tertiary/aromatic N) is 5. The van der Waals surface area contributed by atoms with Gasteiger partial charge in [-0.2, -0.15) is 0 Å². The van der Waals surface area contributed by atoms with Crippen molar-refractivity contribution in [2.24, 2.45) is 5.73 Å². The summed E-state index contributed by atoms with van der Waals surface area (Å²) in [5, 5.41) is 1.34. The molecule has 7 rings (SSSR count). The molecule has 0 bridgehead atoms. The Labute approximate surface area is 288 Å². The number of anilines is 1. The van der Waals surface area contributed by atoms with Gasteiger partial charge in [0.1, 0.15) is 11.9 Å². The molecule has 2 fully saturated rings. The van der Waals surface area contributed by atoms with Crippen molar-refractivity contribution in [3.8, 4) is 11.8 Å². The van der Waals surface area contributed by atoms with Crippen LogP contribution in [0, 0.1) is 11.8 Å². The Morgan fingerprint density at radius 2 is 1.94 bits per heavy atom. The Bertz CT molecular complexity index is 2050. The van der Waals surface area contributed by atoms with E-state index in [1.54, 1.807) is 29.3 Å². The molecule has 3 aliphatic rings. The predicted molar refractivity (Wildman–Crippen MR) is 185 cm³/mol. The molecule has 12 heteroatoms. The van der Waals surface area contributed by atoms with E-state index in [1.807, 2.05) is 18.2 Å². The third-order valence-electron chi connectivity index (χ3n) is 9.79. The number of carbonyl (C=O) groups is 4. The third-order valence-corrected chi connectivity index (χ3v) is 10.2. The summed E-state index contributed by atoms with van der Waals surface area (Å²) in [4.78, 5) is 69.1. The number of imide groups is 1. The highest BCUT2D eigenvalue weighted by Crippen LogP contribution is 2.39. The normalized spacial score (nSPS) is 19.4. The van der Waals surface area contributed by atoms with Crippen LogP contribution in [-0.2, 0) is 22.6 Å². The van der Waals surface area contributed by atoms with Crippen LogP contribution in [0.15, 0.2) is 48.8 Å². The van der Waals surface area contributed by atoms with Gasteiger partial charge in [0.25, 0.3) is 11.8 Å². The summed E-state index contributed by atoms with van der Waals surface area (Å²) in [7, 11) is 2.07. The molecule has 6 heterocycles. The van der Waals surface area contributed by atoms with E-state index in [4.69, 9.17) is 17.3 Å². The van der Waals surface area contributed by atoms with E-state index in [2.05, 4.69) is 38.7 Å². The number of primary amides is 1. The SMILES string of the molecule is CN1CCC[C@@H]1c1[nH]c2cc(N3C(=O)CCC(N4Cc5c(C#CCCCCc6ccc(C(N)=O)cn6)cccc5C4=O)C3=O)ncc2c1Cl. The van der Waals surface area contributed by atoms with Gasteiger partial charge in [-0.25, -0.2) is 9.88 Å².